The molecule has 0 aliphatic carbocycles. The van der Waals surface area contributed by atoms with Crippen molar-refractivity contribution < 1.29 is 8.42 Å². The third kappa shape index (κ3) is 4.80. The largest absolute Gasteiger partial charge is 0.356 e. The van der Waals surface area contributed by atoms with Crippen LogP contribution in [0.2, 0.25) is 4.34 Å². The number of hydrogen-bond acceptors (Lipinski definition) is 7. The summed E-state index contributed by atoms with van der Waals surface area (Å²) in [6.45, 7) is 3.97. The zero-order chi connectivity index (χ0) is 20.4. The fourth-order valence-corrected chi connectivity index (χ4v) is 5.66. The topological polar surface area (TPSA) is 87.2 Å². The Kier molecular flexibility index (Phi) is 5.62. The normalized spacial score (nSPS) is 14.2. The SMILES string of the molecule is Cc1cc(N2CCCC2)nc(Nc2ccc(NS(=O)(=O)c3ccc(Cl)s3)cc2)n1. The van der Waals surface area contributed by atoms with E-state index in [9.17, 15) is 8.42 Å². The molecule has 4 rings (SSSR count). The highest BCUT2D eigenvalue weighted by Gasteiger charge is 2.17. The molecule has 0 amide bonds. The van der Waals surface area contributed by atoms with Gasteiger partial charge in [0.15, 0.2) is 0 Å². The summed E-state index contributed by atoms with van der Waals surface area (Å²) in [6, 6.07) is 12.0. The van der Waals surface area contributed by atoms with Gasteiger partial charge in [-0.25, -0.2) is 13.4 Å². The van der Waals surface area contributed by atoms with Gasteiger partial charge in [0.05, 0.1) is 4.34 Å². The Labute approximate surface area is 178 Å². The molecule has 7 nitrogen and oxygen atoms in total. The zero-order valence-electron chi connectivity index (χ0n) is 15.7. The van der Waals surface area contributed by atoms with Gasteiger partial charge in [-0.05, 0) is 56.2 Å². The van der Waals surface area contributed by atoms with Crippen LogP contribution in [0.25, 0.3) is 0 Å². The van der Waals surface area contributed by atoms with E-state index in [1.54, 1.807) is 30.3 Å². The van der Waals surface area contributed by atoms with Gasteiger partial charge in [0.25, 0.3) is 10.0 Å². The second-order valence-electron chi connectivity index (χ2n) is 6.75. The van der Waals surface area contributed by atoms with Crippen LogP contribution in [0, 0.1) is 6.92 Å². The van der Waals surface area contributed by atoms with Crippen molar-refractivity contribution in [1.82, 2.24) is 9.97 Å². The second-order valence-corrected chi connectivity index (χ2v) is 10.4. The van der Waals surface area contributed by atoms with Gasteiger partial charge in [-0.2, -0.15) is 4.98 Å². The first-order valence-electron chi connectivity index (χ1n) is 9.15. The minimum Gasteiger partial charge on any atom is -0.356 e. The summed E-state index contributed by atoms with van der Waals surface area (Å²) in [5.41, 5.74) is 2.12. The van der Waals surface area contributed by atoms with Crippen LogP contribution in [0.3, 0.4) is 0 Å². The fraction of sp³-hybridized carbons (Fsp3) is 0.263. The molecule has 0 radical (unpaired) electrons. The van der Waals surface area contributed by atoms with Crippen LogP contribution in [0.15, 0.2) is 46.7 Å². The number of benzene rings is 1. The summed E-state index contributed by atoms with van der Waals surface area (Å²) < 4.78 is 27.9. The summed E-state index contributed by atoms with van der Waals surface area (Å²) in [5, 5.41) is 3.19. The number of nitrogens with zero attached hydrogens (tertiary/aromatic N) is 3. The van der Waals surface area contributed by atoms with Crippen molar-refractivity contribution in [3.8, 4) is 0 Å². The van der Waals surface area contributed by atoms with Gasteiger partial charge in [-0.3, -0.25) is 4.72 Å². The van der Waals surface area contributed by atoms with Crippen molar-refractivity contribution in [3.63, 3.8) is 0 Å². The Morgan fingerprint density at radius 1 is 1.03 bits per heavy atom. The smallest absolute Gasteiger partial charge is 0.271 e. The standard InChI is InChI=1S/C19H20ClN5O2S2/c1-13-12-17(25-10-2-3-11-25)23-19(21-13)22-14-4-6-15(7-5-14)24-29(26,27)18-9-8-16(20)28-18/h4-9,12,24H,2-3,10-11H2,1H3,(H,21,22,23). The van der Waals surface area contributed by atoms with Crippen molar-refractivity contribution in [3.05, 3.63) is 52.5 Å². The summed E-state index contributed by atoms with van der Waals surface area (Å²) in [4.78, 5) is 11.3. The van der Waals surface area contributed by atoms with Gasteiger partial charge in [-0.15, -0.1) is 11.3 Å². The van der Waals surface area contributed by atoms with Gasteiger partial charge in [0, 0.05) is 36.2 Å². The molecule has 3 heterocycles. The van der Waals surface area contributed by atoms with E-state index in [4.69, 9.17) is 11.6 Å². The molecule has 0 saturated carbocycles. The Bertz CT molecular complexity index is 1110. The molecule has 2 aromatic heterocycles. The number of nitrogens with one attached hydrogen (secondary N) is 2. The van der Waals surface area contributed by atoms with Crippen LogP contribution >= 0.6 is 22.9 Å². The lowest BCUT2D eigenvalue weighted by atomic mass is 10.3. The van der Waals surface area contributed by atoms with Crippen LogP contribution < -0.4 is 14.9 Å². The lowest BCUT2D eigenvalue weighted by Crippen LogP contribution is -2.19. The molecule has 0 atom stereocenters. The van der Waals surface area contributed by atoms with E-state index in [2.05, 4.69) is 24.9 Å². The molecule has 29 heavy (non-hydrogen) atoms. The molecule has 2 N–H and O–H groups in total. The maximum atomic E-state index is 12.4. The number of aryl methyl sites for hydroxylation is 1. The zero-order valence-corrected chi connectivity index (χ0v) is 18.1. The minimum atomic E-state index is -3.65. The molecule has 1 aliphatic rings. The van der Waals surface area contributed by atoms with E-state index in [-0.39, 0.29) is 4.21 Å². The summed E-state index contributed by atoms with van der Waals surface area (Å²) in [6.07, 6.45) is 2.36. The molecule has 10 heteroatoms. The lowest BCUT2D eigenvalue weighted by Gasteiger charge is -2.17. The van der Waals surface area contributed by atoms with Crippen LogP contribution in [0.1, 0.15) is 18.5 Å². The van der Waals surface area contributed by atoms with Gasteiger partial charge in [0.1, 0.15) is 10.0 Å². The number of aromatic nitrogens is 2. The molecule has 1 aliphatic heterocycles. The highest BCUT2D eigenvalue weighted by Crippen LogP contribution is 2.28. The number of anilines is 4. The maximum Gasteiger partial charge on any atom is 0.271 e. The molecule has 3 aromatic rings. The second kappa shape index (κ2) is 8.17. The molecule has 152 valence electrons. The minimum absolute atomic E-state index is 0.173. The van der Waals surface area contributed by atoms with Gasteiger partial charge < -0.3 is 10.2 Å². The van der Waals surface area contributed by atoms with Crippen molar-refractivity contribution in [2.45, 2.75) is 24.0 Å². The number of thiophene rings is 1. The summed E-state index contributed by atoms with van der Waals surface area (Å²) >= 11 is 6.85. The maximum absolute atomic E-state index is 12.4. The van der Waals surface area contributed by atoms with E-state index >= 15 is 0 Å². The molecule has 1 fully saturated rings. The highest BCUT2D eigenvalue weighted by atomic mass is 35.5. The van der Waals surface area contributed by atoms with Crippen molar-refractivity contribution >= 4 is 56.1 Å². The predicted octanol–water partition coefficient (Wildman–Crippen LogP) is 4.64. The first-order chi connectivity index (χ1) is 13.9. The average Bonchev–Trinajstić information content (AvgIpc) is 3.35. The van der Waals surface area contributed by atoms with Crippen molar-refractivity contribution in [2.75, 3.05) is 28.0 Å². The third-order valence-electron chi connectivity index (χ3n) is 4.48. The van der Waals surface area contributed by atoms with Crippen LogP contribution in [0.4, 0.5) is 23.1 Å². The summed E-state index contributed by atoms with van der Waals surface area (Å²) in [7, 11) is -3.65. The van der Waals surface area contributed by atoms with E-state index in [0.717, 1.165) is 41.6 Å². The molecule has 0 bridgehead atoms. The molecular weight excluding hydrogens is 430 g/mol. The number of hydrogen-bond donors (Lipinski definition) is 2. The first-order valence-corrected chi connectivity index (χ1v) is 11.8. The molecule has 0 spiro atoms. The molecule has 0 unspecified atom stereocenters. The van der Waals surface area contributed by atoms with Crippen LogP contribution in [-0.4, -0.2) is 31.5 Å². The Balaban J connectivity index is 1.47. The predicted molar refractivity (Wildman–Crippen MR) is 118 cm³/mol. The highest BCUT2D eigenvalue weighted by molar-refractivity contribution is 7.94. The molecule has 1 aromatic carbocycles. The lowest BCUT2D eigenvalue weighted by molar-refractivity contribution is 0.603. The quantitative estimate of drug-likeness (QED) is 0.569. The molecular formula is C19H20ClN5O2S2. The Hall–Kier alpha value is -2.36. The Morgan fingerprint density at radius 2 is 1.72 bits per heavy atom. The Morgan fingerprint density at radius 3 is 2.38 bits per heavy atom. The van der Waals surface area contributed by atoms with Crippen LogP contribution in [-0.2, 0) is 10.0 Å². The third-order valence-corrected chi connectivity index (χ3v) is 7.58. The molecule has 1 saturated heterocycles. The average molecular weight is 450 g/mol. The van der Waals surface area contributed by atoms with E-state index in [1.807, 2.05) is 13.0 Å². The fourth-order valence-electron chi connectivity index (χ4n) is 3.11. The van der Waals surface area contributed by atoms with Gasteiger partial charge in [0.2, 0.25) is 5.95 Å². The van der Waals surface area contributed by atoms with E-state index in [0.29, 0.717) is 16.0 Å². The monoisotopic (exact) mass is 449 g/mol. The van der Waals surface area contributed by atoms with Crippen molar-refractivity contribution in [2.24, 2.45) is 0 Å². The van der Waals surface area contributed by atoms with E-state index < -0.39 is 10.0 Å². The number of sulfonamides is 1. The van der Waals surface area contributed by atoms with E-state index in [1.165, 1.54) is 18.9 Å². The number of halogens is 1. The first kappa shape index (κ1) is 19.9. The number of rotatable bonds is 6. The van der Waals surface area contributed by atoms with Gasteiger partial charge >= 0.3 is 0 Å². The van der Waals surface area contributed by atoms with Crippen molar-refractivity contribution in [1.29, 1.82) is 0 Å². The summed E-state index contributed by atoms with van der Waals surface area (Å²) in [5.74, 6) is 1.45. The van der Waals surface area contributed by atoms with Crippen LogP contribution in [0.5, 0.6) is 0 Å². The van der Waals surface area contributed by atoms with Gasteiger partial charge in [-0.1, -0.05) is 11.6 Å².